The van der Waals surface area contributed by atoms with Gasteiger partial charge in [-0.05, 0) is 18.9 Å². The quantitative estimate of drug-likeness (QED) is 0.851. The van der Waals surface area contributed by atoms with Crippen LogP contribution in [0.5, 0.6) is 0 Å². The van der Waals surface area contributed by atoms with Crippen molar-refractivity contribution in [2.75, 3.05) is 0 Å². The fraction of sp³-hybridized carbons (Fsp3) is 0.500. The van der Waals surface area contributed by atoms with E-state index >= 15 is 0 Å². The Labute approximate surface area is 95.7 Å². The van der Waals surface area contributed by atoms with Gasteiger partial charge in [0, 0.05) is 25.0 Å². The van der Waals surface area contributed by atoms with Crippen LogP contribution >= 0.6 is 0 Å². The van der Waals surface area contributed by atoms with Crippen LogP contribution < -0.4 is 5.32 Å². The maximum atomic E-state index is 4.25. The number of rotatable bonds is 4. The van der Waals surface area contributed by atoms with Crippen molar-refractivity contribution in [2.24, 2.45) is 5.92 Å². The van der Waals surface area contributed by atoms with Crippen LogP contribution in [-0.4, -0.2) is 20.4 Å². The molecule has 0 spiro atoms. The molecule has 0 aliphatic carbocycles. The number of hydrogen-bond donors (Lipinski definition) is 1. The van der Waals surface area contributed by atoms with E-state index in [9.17, 15) is 0 Å². The van der Waals surface area contributed by atoms with Gasteiger partial charge in [-0.3, -0.25) is 4.40 Å². The summed E-state index contributed by atoms with van der Waals surface area (Å²) in [6.07, 6.45) is 5.63. The predicted octanol–water partition coefficient (Wildman–Crippen LogP) is 1.86. The molecule has 1 atom stereocenters. The highest BCUT2D eigenvalue weighted by molar-refractivity contribution is 5.30. The summed E-state index contributed by atoms with van der Waals surface area (Å²) in [7, 11) is 0. The number of fused-ring (bicyclic) bond motifs is 1. The van der Waals surface area contributed by atoms with E-state index in [2.05, 4.69) is 36.1 Å². The van der Waals surface area contributed by atoms with Gasteiger partial charge >= 0.3 is 0 Å². The van der Waals surface area contributed by atoms with Crippen LogP contribution in [0.3, 0.4) is 0 Å². The lowest BCUT2D eigenvalue weighted by Gasteiger charge is -2.16. The van der Waals surface area contributed by atoms with Gasteiger partial charge in [0.15, 0.2) is 0 Å². The minimum Gasteiger partial charge on any atom is -0.308 e. The zero-order valence-electron chi connectivity index (χ0n) is 10.0. The van der Waals surface area contributed by atoms with Crippen LogP contribution in [0.4, 0.5) is 0 Å². The summed E-state index contributed by atoms with van der Waals surface area (Å²) >= 11 is 0. The van der Waals surface area contributed by atoms with E-state index in [1.54, 1.807) is 6.20 Å². The summed E-state index contributed by atoms with van der Waals surface area (Å²) in [4.78, 5) is 8.44. The summed E-state index contributed by atoms with van der Waals surface area (Å²) < 4.78 is 2.01. The Balaban J connectivity index is 2.10. The molecule has 86 valence electrons. The molecule has 16 heavy (non-hydrogen) atoms. The highest BCUT2D eigenvalue weighted by Crippen LogP contribution is 2.05. The topological polar surface area (TPSA) is 42.2 Å². The van der Waals surface area contributed by atoms with Crippen LogP contribution in [0.1, 0.15) is 26.5 Å². The Kier molecular flexibility index (Phi) is 3.19. The molecule has 1 unspecified atom stereocenters. The van der Waals surface area contributed by atoms with Gasteiger partial charge in [0.05, 0.1) is 11.9 Å². The maximum absolute atomic E-state index is 4.25. The van der Waals surface area contributed by atoms with Gasteiger partial charge in [-0.2, -0.15) is 0 Å². The molecule has 0 aliphatic heterocycles. The number of hydrogen-bond acceptors (Lipinski definition) is 3. The van der Waals surface area contributed by atoms with Crippen molar-refractivity contribution in [3.63, 3.8) is 0 Å². The van der Waals surface area contributed by atoms with E-state index in [4.69, 9.17) is 0 Å². The Bertz CT molecular complexity index is 461. The summed E-state index contributed by atoms with van der Waals surface area (Å²) in [6.45, 7) is 7.46. The third kappa shape index (κ3) is 2.22. The Morgan fingerprint density at radius 1 is 1.31 bits per heavy atom. The third-order valence-corrected chi connectivity index (χ3v) is 2.97. The molecule has 0 aliphatic rings. The maximum Gasteiger partial charge on any atom is 0.233 e. The van der Waals surface area contributed by atoms with E-state index in [1.165, 1.54) is 0 Å². The van der Waals surface area contributed by atoms with Gasteiger partial charge in [-0.25, -0.2) is 9.97 Å². The van der Waals surface area contributed by atoms with Crippen LogP contribution in [0, 0.1) is 5.92 Å². The molecule has 2 aromatic heterocycles. The standard InChI is InChI=1S/C12H18N4/c1-9(2)10(3)14-7-11-8-15-12-13-5-4-6-16(11)12/h4-6,8-10,14H,7H2,1-3H3. The van der Waals surface area contributed by atoms with Crippen molar-refractivity contribution in [3.8, 4) is 0 Å². The van der Waals surface area contributed by atoms with Gasteiger partial charge in [0.2, 0.25) is 5.78 Å². The Morgan fingerprint density at radius 3 is 2.88 bits per heavy atom. The monoisotopic (exact) mass is 218 g/mol. The summed E-state index contributed by atoms with van der Waals surface area (Å²) in [5.74, 6) is 1.40. The molecular weight excluding hydrogens is 200 g/mol. The average molecular weight is 218 g/mol. The lowest BCUT2D eigenvalue weighted by Crippen LogP contribution is -2.30. The van der Waals surface area contributed by atoms with Gasteiger partial charge in [-0.15, -0.1) is 0 Å². The molecule has 2 heterocycles. The Morgan fingerprint density at radius 2 is 2.12 bits per heavy atom. The third-order valence-electron chi connectivity index (χ3n) is 2.97. The van der Waals surface area contributed by atoms with E-state index in [0.717, 1.165) is 18.0 Å². The van der Waals surface area contributed by atoms with Crippen molar-refractivity contribution >= 4 is 5.78 Å². The van der Waals surface area contributed by atoms with E-state index in [-0.39, 0.29) is 0 Å². The molecular formula is C12H18N4. The van der Waals surface area contributed by atoms with Crippen molar-refractivity contribution in [2.45, 2.75) is 33.4 Å². The molecule has 4 heteroatoms. The highest BCUT2D eigenvalue weighted by Gasteiger charge is 2.08. The van der Waals surface area contributed by atoms with Crippen LogP contribution in [0.15, 0.2) is 24.7 Å². The summed E-state index contributed by atoms with van der Waals surface area (Å²) in [5, 5.41) is 3.49. The minimum atomic E-state index is 0.502. The van der Waals surface area contributed by atoms with Gasteiger partial charge < -0.3 is 5.32 Å². The normalized spacial score (nSPS) is 13.5. The van der Waals surface area contributed by atoms with E-state index in [0.29, 0.717) is 12.0 Å². The number of nitrogens with one attached hydrogen (secondary N) is 1. The predicted molar refractivity (Wildman–Crippen MR) is 64.1 cm³/mol. The molecule has 0 bridgehead atoms. The number of nitrogens with zero attached hydrogens (tertiary/aromatic N) is 3. The molecule has 0 fully saturated rings. The summed E-state index contributed by atoms with van der Waals surface area (Å²) in [5.41, 5.74) is 1.15. The Hall–Kier alpha value is -1.42. The smallest absolute Gasteiger partial charge is 0.233 e. The van der Waals surface area contributed by atoms with Crippen molar-refractivity contribution in [1.29, 1.82) is 0 Å². The molecule has 4 nitrogen and oxygen atoms in total. The second kappa shape index (κ2) is 4.61. The van der Waals surface area contributed by atoms with Crippen LogP contribution in [0.2, 0.25) is 0 Å². The highest BCUT2D eigenvalue weighted by atomic mass is 15.1. The van der Waals surface area contributed by atoms with Gasteiger partial charge in [0.25, 0.3) is 0 Å². The van der Waals surface area contributed by atoms with Crippen molar-refractivity contribution < 1.29 is 0 Å². The zero-order valence-corrected chi connectivity index (χ0v) is 10.0. The molecule has 0 amide bonds. The zero-order chi connectivity index (χ0) is 11.5. The fourth-order valence-corrected chi connectivity index (χ4v) is 1.51. The first-order valence-electron chi connectivity index (χ1n) is 5.69. The lowest BCUT2D eigenvalue weighted by molar-refractivity contribution is 0.423. The first kappa shape index (κ1) is 11.1. The van der Waals surface area contributed by atoms with Crippen molar-refractivity contribution in [3.05, 3.63) is 30.4 Å². The molecule has 2 rings (SSSR count). The minimum absolute atomic E-state index is 0.502. The van der Waals surface area contributed by atoms with Crippen molar-refractivity contribution in [1.82, 2.24) is 19.7 Å². The lowest BCUT2D eigenvalue weighted by atomic mass is 10.1. The van der Waals surface area contributed by atoms with Crippen LogP contribution in [0.25, 0.3) is 5.78 Å². The fourth-order valence-electron chi connectivity index (χ4n) is 1.51. The molecule has 1 N–H and O–H groups in total. The van der Waals surface area contributed by atoms with Gasteiger partial charge in [-0.1, -0.05) is 13.8 Å². The SMILES string of the molecule is CC(C)C(C)NCc1cnc2ncccn12. The molecule has 0 radical (unpaired) electrons. The number of imidazole rings is 1. The first-order chi connectivity index (χ1) is 7.68. The van der Waals surface area contributed by atoms with E-state index in [1.807, 2.05) is 22.9 Å². The number of aromatic nitrogens is 3. The van der Waals surface area contributed by atoms with Crippen LogP contribution in [-0.2, 0) is 6.54 Å². The second-order valence-corrected chi connectivity index (χ2v) is 4.45. The molecule has 0 aromatic carbocycles. The molecule has 0 saturated heterocycles. The average Bonchev–Trinajstić information content (AvgIpc) is 2.69. The molecule has 2 aromatic rings. The summed E-state index contributed by atoms with van der Waals surface area (Å²) in [6, 6.07) is 2.42. The van der Waals surface area contributed by atoms with Gasteiger partial charge in [0.1, 0.15) is 0 Å². The second-order valence-electron chi connectivity index (χ2n) is 4.45. The largest absolute Gasteiger partial charge is 0.308 e. The van der Waals surface area contributed by atoms with E-state index < -0.39 is 0 Å². The molecule has 0 saturated carbocycles. The first-order valence-corrected chi connectivity index (χ1v) is 5.69.